The van der Waals surface area contributed by atoms with Crippen molar-refractivity contribution < 1.29 is 9.59 Å². The summed E-state index contributed by atoms with van der Waals surface area (Å²) in [4.78, 5) is 23.3. The molecule has 1 aliphatic carbocycles. The number of nitrogens with two attached hydrogens (primary N) is 1. The molecule has 5 nitrogen and oxygen atoms in total. The van der Waals surface area contributed by atoms with Gasteiger partial charge in [0.25, 0.3) is 0 Å². The van der Waals surface area contributed by atoms with Crippen LogP contribution in [0.25, 0.3) is 0 Å². The van der Waals surface area contributed by atoms with Gasteiger partial charge in [0.15, 0.2) is 0 Å². The van der Waals surface area contributed by atoms with Crippen LogP contribution >= 0.6 is 12.4 Å². The van der Waals surface area contributed by atoms with Gasteiger partial charge in [-0.1, -0.05) is 20.8 Å². The van der Waals surface area contributed by atoms with Crippen molar-refractivity contribution in [3.05, 3.63) is 0 Å². The molecule has 0 aromatic rings. The molecule has 1 rings (SSSR count). The van der Waals surface area contributed by atoms with Crippen LogP contribution in [0.1, 0.15) is 46.5 Å². The lowest BCUT2D eigenvalue weighted by Crippen LogP contribution is -2.48. The fraction of sp³-hybridized carbons (Fsp3) is 0.857. The molecule has 0 heterocycles. The average Bonchev–Trinajstić information content (AvgIpc) is 2.37. The summed E-state index contributed by atoms with van der Waals surface area (Å²) in [5.41, 5.74) is 5.70. The Labute approximate surface area is 127 Å². The van der Waals surface area contributed by atoms with Gasteiger partial charge in [-0.25, -0.2) is 0 Å². The molecular weight excluding hydrogens is 278 g/mol. The first-order valence-corrected chi connectivity index (χ1v) is 7.22. The molecular formula is C14H28ClN3O2. The predicted octanol–water partition coefficient (Wildman–Crippen LogP) is 1.20. The van der Waals surface area contributed by atoms with Crippen molar-refractivity contribution in [2.45, 2.75) is 58.5 Å². The Morgan fingerprint density at radius 2 is 1.75 bits per heavy atom. The molecule has 0 aromatic heterocycles. The van der Waals surface area contributed by atoms with Crippen LogP contribution in [0.5, 0.6) is 0 Å². The van der Waals surface area contributed by atoms with Gasteiger partial charge >= 0.3 is 0 Å². The van der Waals surface area contributed by atoms with E-state index in [0.29, 0.717) is 0 Å². The summed E-state index contributed by atoms with van der Waals surface area (Å²) < 4.78 is 0. The summed E-state index contributed by atoms with van der Waals surface area (Å²) in [6.07, 6.45) is 4.39. The number of nitrogens with one attached hydrogen (secondary N) is 2. The van der Waals surface area contributed by atoms with Crippen LogP contribution in [0.15, 0.2) is 0 Å². The summed E-state index contributed by atoms with van der Waals surface area (Å²) in [6.45, 7) is 6.03. The fourth-order valence-electron chi connectivity index (χ4n) is 2.27. The highest BCUT2D eigenvalue weighted by molar-refractivity contribution is 5.87. The molecule has 2 amide bonds. The summed E-state index contributed by atoms with van der Waals surface area (Å²) >= 11 is 0. The zero-order valence-corrected chi connectivity index (χ0v) is 13.5. The Morgan fingerprint density at radius 1 is 1.20 bits per heavy atom. The number of rotatable bonds is 5. The Bertz CT molecular complexity index is 316. The second-order valence-corrected chi connectivity index (χ2v) is 6.01. The zero-order valence-electron chi connectivity index (χ0n) is 12.6. The summed E-state index contributed by atoms with van der Waals surface area (Å²) in [5, 5.41) is 5.55. The SMILES string of the molecule is CC1CCC(NC(=O)CNC(=O)[C@@H](N)C(C)C)CC1.Cl. The van der Waals surface area contributed by atoms with Gasteiger partial charge in [0.2, 0.25) is 11.8 Å². The van der Waals surface area contributed by atoms with E-state index in [4.69, 9.17) is 5.73 Å². The molecule has 0 saturated heterocycles. The molecule has 1 fully saturated rings. The summed E-state index contributed by atoms with van der Waals surface area (Å²) in [5.74, 6) is 0.450. The van der Waals surface area contributed by atoms with E-state index in [0.717, 1.165) is 31.6 Å². The molecule has 1 aliphatic rings. The normalized spacial score (nSPS) is 23.6. The summed E-state index contributed by atoms with van der Waals surface area (Å²) in [7, 11) is 0. The zero-order chi connectivity index (χ0) is 14.4. The molecule has 1 atom stereocenters. The molecule has 0 bridgehead atoms. The standard InChI is InChI=1S/C14H27N3O2.ClH/c1-9(2)13(15)14(19)16-8-12(18)17-11-6-4-10(3)5-7-11;/h9-11,13H,4-8,15H2,1-3H3,(H,16,19)(H,17,18);1H/t10?,11?,13-;/m0./s1. The Kier molecular flexibility index (Phi) is 8.81. The lowest BCUT2D eigenvalue weighted by molar-refractivity contribution is -0.127. The third-order valence-electron chi connectivity index (χ3n) is 3.83. The lowest BCUT2D eigenvalue weighted by Gasteiger charge is -2.27. The quantitative estimate of drug-likeness (QED) is 0.713. The highest BCUT2D eigenvalue weighted by atomic mass is 35.5. The highest BCUT2D eigenvalue weighted by Gasteiger charge is 2.21. The van der Waals surface area contributed by atoms with Crippen LogP contribution in [0.4, 0.5) is 0 Å². The Hall–Kier alpha value is -0.810. The molecule has 1 saturated carbocycles. The number of carbonyl (C=O) groups excluding carboxylic acids is 2. The molecule has 4 N–H and O–H groups in total. The molecule has 20 heavy (non-hydrogen) atoms. The van der Waals surface area contributed by atoms with E-state index in [-0.39, 0.29) is 42.7 Å². The van der Waals surface area contributed by atoms with Crippen molar-refractivity contribution in [3.8, 4) is 0 Å². The molecule has 118 valence electrons. The third kappa shape index (κ3) is 6.57. The Balaban J connectivity index is 0.00000361. The first kappa shape index (κ1) is 19.2. The number of amides is 2. The van der Waals surface area contributed by atoms with Crippen molar-refractivity contribution in [1.29, 1.82) is 0 Å². The van der Waals surface area contributed by atoms with E-state index >= 15 is 0 Å². The van der Waals surface area contributed by atoms with Gasteiger partial charge in [-0.3, -0.25) is 9.59 Å². The number of hydrogen-bond acceptors (Lipinski definition) is 3. The fourth-order valence-corrected chi connectivity index (χ4v) is 2.27. The maximum atomic E-state index is 11.7. The van der Waals surface area contributed by atoms with E-state index in [9.17, 15) is 9.59 Å². The van der Waals surface area contributed by atoms with Crippen LogP contribution < -0.4 is 16.4 Å². The lowest BCUT2D eigenvalue weighted by atomic mass is 9.87. The van der Waals surface area contributed by atoms with Crippen molar-refractivity contribution in [2.24, 2.45) is 17.6 Å². The van der Waals surface area contributed by atoms with Crippen LogP contribution in [-0.4, -0.2) is 30.4 Å². The average molecular weight is 306 g/mol. The maximum Gasteiger partial charge on any atom is 0.239 e. The minimum atomic E-state index is -0.552. The summed E-state index contributed by atoms with van der Waals surface area (Å²) in [6, 6.07) is -0.289. The van der Waals surface area contributed by atoms with Crippen LogP contribution in [0, 0.1) is 11.8 Å². The second-order valence-electron chi connectivity index (χ2n) is 6.01. The molecule has 0 aliphatic heterocycles. The topological polar surface area (TPSA) is 84.2 Å². The minimum Gasteiger partial charge on any atom is -0.352 e. The van der Waals surface area contributed by atoms with Crippen molar-refractivity contribution >= 4 is 24.2 Å². The monoisotopic (exact) mass is 305 g/mol. The van der Waals surface area contributed by atoms with E-state index in [2.05, 4.69) is 17.6 Å². The number of carbonyl (C=O) groups is 2. The van der Waals surface area contributed by atoms with E-state index in [1.807, 2.05) is 13.8 Å². The molecule has 0 unspecified atom stereocenters. The van der Waals surface area contributed by atoms with Crippen molar-refractivity contribution in [2.75, 3.05) is 6.54 Å². The van der Waals surface area contributed by atoms with Crippen LogP contribution in [0.2, 0.25) is 0 Å². The van der Waals surface area contributed by atoms with Crippen LogP contribution in [-0.2, 0) is 9.59 Å². The van der Waals surface area contributed by atoms with E-state index in [1.54, 1.807) is 0 Å². The van der Waals surface area contributed by atoms with E-state index < -0.39 is 6.04 Å². The second kappa shape index (κ2) is 9.19. The third-order valence-corrected chi connectivity index (χ3v) is 3.83. The molecule has 6 heteroatoms. The Morgan fingerprint density at radius 3 is 2.25 bits per heavy atom. The van der Waals surface area contributed by atoms with E-state index in [1.165, 1.54) is 0 Å². The van der Waals surface area contributed by atoms with Crippen LogP contribution in [0.3, 0.4) is 0 Å². The molecule has 0 spiro atoms. The molecule has 0 radical (unpaired) electrons. The van der Waals surface area contributed by atoms with Gasteiger partial charge in [0, 0.05) is 6.04 Å². The van der Waals surface area contributed by atoms with Gasteiger partial charge in [0.05, 0.1) is 12.6 Å². The maximum absolute atomic E-state index is 11.7. The van der Waals surface area contributed by atoms with Gasteiger partial charge < -0.3 is 16.4 Å². The highest BCUT2D eigenvalue weighted by Crippen LogP contribution is 2.23. The minimum absolute atomic E-state index is 0. The van der Waals surface area contributed by atoms with Gasteiger partial charge in [-0.15, -0.1) is 12.4 Å². The van der Waals surface area contributed by atoms with Crippen molar-refractivity contribution in [3.63, 3.8) is 0 Å². The van der Waals surface area contributed by atoms with Gasteiger partial charge in [-0.2, -0.15) is 0 Å². The van der Waals surface area contributed by atoms with Gasteiger partial charge in [-0.05, 0) is 37.5 Å². The first-order valence-electron chi connectivity index (χ1n) is 7.22. The first-order chi connectivity index (χ1) is 8.90. The number of halogens is 1. The molecule has 0 aromatic carbocycles. The smallest absolute Gasteiger partial charge is 0.239 e. The number of hydrogen-bond donors (Lipinski definition) is 3. The van der Waals surface area contributed by atoms with Crippen molar-refractivity contribution in [1.82, 2.24) is 10.6 Å². The predicted molar refractivity (Wildman–Crippen MR) is 82.6 cm³/mol. The van der Waals surface area contributed by atoms with Gasteiger partial charge in [0.1, 0.15) is 0 Å². The largest absolute Gasteiger partial charge is 0.352 e.